The lowest BCUT2D eigenvalue weighted by molar-refractivity contribution is -0.150. The van der Waals surface area contributed by atoms with Crippen molar-refractivity contribution in [1.29, 1.82) is 0 Å². The van der Waals surface area contributed by atoms with Crippen LogP contribution in [0.2, 0.25) is 0 Å². The van der Waals surface area contributed by atoms with Gasteiger partial charge in [-0.3, -0.25) is 14.5 Å². The topological polar surface area (TPSA) is 238 Å². The van der Waals surface area contributed by atoms with Gasteiger partial charge >= 0.3 is 12.1 Å². The average molecular weight is 524 g/mol. The summed E-state index contributed by atoms with van der Waals surface area (Å²) in [6, 6.07) is 3.98. The Morgan fingerprint density at radius 3 is 2.51 bits per heavy atom. The largest absolute Gasteiger partial charge is 0.508 e. The molecule has 1 aromatic heterocycles. The number of benzene rings is 1. The molecule has 0 bridgehead atoms. The number of phenolic OH excluding ortho intramolecular Hbond substituents is 1. The number of aliphatic carboxylic acids is 1. The number of carboxylic acids is 1. The SMILES string of the molecule is NC(=O)O.N[C@@H](C(=O)N[C@@H]1C(=O)N2C(C(=O)O)=C(CSc3cn[nH]n3)CS[C@H]12)c1ccc(O)cc1. The number of primary amides is 1. The number of β-lactam (4-membered cyclic amide) rings is 1. The number of hydrogen-bond donors (Lipinski definition) is 7. The lowest BCUT2D eigenvalue weighted by Gasteiger charge is -2.49. The van der Waals surface area contributed by atoms with Crippen LogP contribution in [0.3, 0.4) is 0 Å². The highest BCUT2D eigenvalue weighted by Gasteiger charge is 2.54. The van der Waals surface area contributed by atoms with Gasteiger partial charge < -0.3 is 32.1 Å². The Morgan fingerprint density at radius 1 is 1.29 bits per heavy atom. The number of hydrogen-bond acceptors (Lipinski definition) is 10. The van der Waals surface area contributed by atoms with E-state index in [4.69, 9.17) is 15.6 Å². The van der Waals surface area contributed by atoms with E-state index in [1.807, 2.05) is 0 Å². The van der Waals surface area contributed by atoms with Crippen LogP contribution in [0.5, 0.6) is 5.75 Å². The van der Waals surface area contributed by atoms with Crippen molar-refractivity contribution in [2.45, 2.75) is 22.5 Å². The summed E-state index contributed by atoms with van der Waals surface area (Å²) in [5.41, 5.74) is 11.0. The summed E-state index contributed by atoms with van der Waals surface area (Å²) in [4.78, 5) is 47.1. The van der Waals surface area contributed by atoms with Gasteiger partial charge in [0, 0.05) is 11.5 Å². The number of H-pyrrole nitrogens is 1. The molecule has 0 aliphatic carbocycles. The van der Waals surface area contributed by atoms with Crippen LogP contribution in [-0.4, -0.2) is 82.4 Å². The van der Waals surface area contributed by atoms with Gasteiger partial charge in [0.05, 0.1) is 6.20 Å². The van der Waals surface area contributed by atoms with Gasteiger partial charge in [-0.25, -0.2) is 9.59 Å². The predicted molar refractivity (Wildman–Crippen MR) is 124 cm³/mol. The molecule has 2 aliphatic heterocycles. The monoisotopic (exact) mass is 523 g/mol. The molecule has 1 fully saturated rings. The molecule has 4 rings (SSSR count). The van der Waals surface area contributed by atoms with Crippen molar-refractivity contribution in [3.05, 3.63) is 47.3 Å². The number of carbonyl (C=O) groups excluding carboxylic acids is 2. The van der Waals surface area contributed by atoms with Gasteiger partial charge in [-0.05, 0) is 23.3 Å². The normalized spacial score (nSPS) is 19.6. The van der Waals surface area contributed by atoms with Crippen LogP contribution < -0.4 is 16.8 Å². The summed E-state index contributed by atoms with van der Waals surface area (Å²) in [6.45, 7) is 0. The third-order valence-electron chi connectivity index (χ3n) is 4.87. The first-order valence-corrected chi connectivity index (χ1v) is 11.9. The summed E-state index contributed by atoms with van der Waals surface area (Å²) < 4.78 is 0. The van der Waals surface area contributed by atoms with E-state index >= 15 is 0 Å². The number of carbonyl (C=O) groups is 4. The fraction of sp³-hybridized carbons (Fsp3) is 0.263. The fourth-order valence-electron chi connectivity index (χ4n) is 3.29. The van der Waals surface area contributed by atoms with Crippen LogP contribution in [0.1, 0.15) is 11.6 Å². The van der Waals surface area contributed by atoms with Gasteiger partial charge in [0.1, 0.15) is 33.9 Å². The first-order chi connectivity index (χ1) is 16.6. The molecule has 3 heterocycles. The number of fused-ring (bicyclic) bond motifs is 1. The number of aromatic amines is 1. The minimum Gasteiger partial charge on any atom is -0.508 e. The van der Waals surface area contributed by atoms with Gasteiger partial charge in [0.2, 0.25) is 5.91 Å². The number of aromatic hydroxyl groups is 1. The maximum atomic E-state index is 12.7. The minimum atomic E-state index is -1.33. The third-order valence-corrected chi connectivity index (χ3v) is 7.19. The molecule has 0 radical (unpaired) electrons. The number of aromatic nitrogens is 3. The number of amides is 3. The minimum absolute atomic E-state index is 0.0466. The van der Waals surface area contributed by atoms with Crippen LogP contribution in [0.25, 0.3) is 0 Å². The van der Waals surface area contributed by atoms with E-state index in [2.05, 4.69) is 26.5 Å². The molecule has 3 amide bonds. The van der Waals surface area contributed by atoms with E-state index in [1.54, 1.807) is 0 Å². The van der Waals surface area contributed by atoms with E-state index in [0.29, 0.717) is 27.7 Å². The predicted octanol–water partition coefficient (Wildman–Crippen LogP) is -0.336. The maximum Gasteiger partial charge on any atom is 0.402 e. The zero-order valence-corrected chi connectivity index (χ0v) is 19.5. The van der Waals surface area contributed by atoms with Gasteiger partial charge in [-0.1, -0.05) is 23.9 Å². The average Bonchev–Trinajstić information content (AvgIpc) is 3.33. The molecule has 9 N–H and O–H groups in total. The Balaban J connectivity index is 0.000000795. The second-order valence-electron chi connectivity index (χ2n) is 7.16. The van der Waals surface area contributed by atoms with Crippen molar-refractivity contribution in [2.24, 2.45) is 11.5 Å². The summed E-state index contributed by atoms with van der Waals surface area (Å²) in [7, 11) is 0. The summed E-state index contributed by atoms with van der Waals surface area (Å²) in [5, 5.41) is 39.1. The molecule has 2 aliphatic rings. The second-order valence-corrected chi connectivity index (χ2v) is 9.26. The van der Waals surface area contributed by atoms with Crippen molar-refractivity contribution in [3.8, 4) is 5.75 Å². The Hall–Kier alpha value is -3.76. The summed E-state index contributed by atoms with van der Waals surface area (Å²) in [5.74, 6) is -1.45. The number of nitrogens with one attached hydrogen (secondary N) is 2. The van der Waals surface area contributed by atoms with Crippen molar-refractivity contribution < 1.29 is 34.5 Å². The second kappa shape index (κ2) is 11.1. The van der Waals surface area contributed by atoms with Crippen LogP contribution in [-0.2, 0) is 14.4 Å². The van der Waals surface area contributed by atoms with Crippen molar-refractivity contribution in [1.82, 2.24) is 25.6 Å². The molecular weight excluding hydrogens is 502 g/mol. The van der Waals surface area contributed by atoms with Crippen LogP contribution >= 0.6 is 23.5 Å². The van der Waals surface area contributed by atoms with Gasteiger partial charge in [-0.15, -0.1) is 16.9 Å². The highest BCUT2D eigenvalue weighted by atomic mass is 32.2. The first-order valence-electron chi connectivity index (χ1n) is 9.82. The zero-order chi connectivity index (χ0) is 25.7. The summed E-state index contributed by atoms with van der Waals surface area (Å²) >= 11 is 2.70. The molecule has 1 aromatic carbocycles. The molecule has 1 saturated heterocycles. The lowest BCUT2D eigenvalue weighted by atomic mass is 10.0. The summed E-state index contributed by atoms with van der Waals surface area (Å²) in [6.07, 6.45) is 0.197. The van der Waals surface area contributed by atoms with Crippen molar-refractivity contribution >= 4 is 47.4 Å². The molecule has 186 valence electrons. The lowest BCUT2D eigenvalue weighted by Crippen LogP contribution is -2.71. The smallest absolute Gasteiger partial charge is 0.402 e. The van der Waals surface area contributed by atoms with Gasteiger partial charge in [0.25, 0.3) is 5.91 Å². The van der Waals surface area contributed by atoms with E-state index in [-0.39, 0.29) is 11.4 Å². The molecule has 3 atom stereocenters. The Bertz CT molecular complexity index is 1140. The molecule has 0 unspecified atom stereocenters. The van der Waals surface area contributed by atoms with Crippen molar-refractivity contribution in [3.63, 3.8) is 0 Å². The van der Waals surface area contributed by atoms with Gasteiger partial charge in [0.15, 0.2) is 0 Å². The standard InChI is InChI=1S/C18H18N6O5S2.CH3NO2/c19-12(8-1-3-10(25)4-2-8)15(26)21-13-16(27)24-14(18(28)29)9(7-31-17(13)24)6-30-11-5-20-23-22-11;2-1(3)4/h1-5,12-13,17,25H,6-7,19H2,(H,21,26)(H,28,29)(H,20,22,23);2H2,(H,3,4)/t12-,13-,17-;/m1./s1. The molecule has 0 saturated carbocycles. The zero-order valence-electron chi connectivity index (χ0n) is 17.8. The van der Waals surface area contributed by atoms with E-state index in [9.17, 15) is 24.6 Å². The van der Waals surface area contributed by atoms with E-state index in [1.165, 1.54) is 58.9 Å². The molecule has 2 aromatic rings. The molecule has 16 heteroatoms. The molecule has 14 nitrogen and oxygen atoms in total. The number of carboxylic acid groups (broad SMARTS) is 2. The highest BCUT2D eigenvalue weighted by Crippen LogP contribution is 2.41. The number of phenols is 1. The van der Waals surface area contributed by atoms with Crippen molar-refractivity contribution in [2.75, 3.05) is 11.5 Å². The number of nitrogens with zero attached hydrogens (tertiary/aromatic N) is 3. The fourth-order valence-corrected chi connectivity index (χ4v) is 5.56. The van der Waals surface area contributed by atoms with E-state index < -0.39 is 41.3 Å². The molecule has 35 heavy (non-hydrogen) atoms. The third kappa shape index (κ3) is 6.03. The number of thioether (sulfide) groups is 2. The van der Waals surface area contributed by atoms with Crippen LogP contribution in [0.15, 0.2) is 46.8 Å². The van der Waals surface area contributed by atoms with Crippen LogP contribution in [0.4, 0.5) is 4.79 Å². The highest BCUT2D eigenvalue weighted by molar-refractivity contribution is 8.01. The maximum absolute atomic E-state index is 12.7. The van der Waals surface area contributed by atoms with Crippen LogP contribution in [0, 0.1) is 0 Å². The Morgan fingerprint density at radius 2 is 1.94 bits per heavy atom. The Labute approximate surface area is 206 Å². The Kier molecular flexibility index (Phi) is 8.21. The number of rotatable bonds is 7. The van der Waals surface area contributed by atoms with Gasteiger partial charge in [-0.2, -0.15) is 10.3 Å². The molecular formula is C19H21N7O7S2. The number of nitrogens with two attached hydrogens (primary N) is 2. The quantitative estimate of drug-likeness (QED) is 0.182. The first kappa shape index (κ1) is 25.9. The van der Waals surface area contributed by atoms with E-state index in [0.717, 1.165) is 0 Å². The molecule has 0 spiro atoms.